The number of nitro groups is 1. The fraction of sp³-hybridized carbons (Fsp3) is 0. The quantitative estimate of drug-likeness (QED) is 0.681. The number of nitro benzene ring substituents is 1. The Bertz CT molecular complexity index is 650. The predicted molar refractivity (Wildman–Crippen MR) is 66.5 cm³/mol. The van der Waals surface area contributed by atoms with Crippen LogP contribution in [0.3, 0.4) is 0 Å². The van der Waals surface area contributed by atoms with E-state index in [1.165, 1.54) is 24.3 Å². The number of hydrogen-bond donors (Lipinski definition) is 1. The molecule has 7 nitrogen and oxygen atoms in total. The van der Waals surface area contributed by atoms with Crippen LogP contribution in [0.5, 0.6) is 11.7 Å². The lowest BCUT2D eigenvalue weighted by molar-refractivity contribution is -0.385. The van der Waals surface area contributed by atoms with Crippen LogP contribution in [0.2, 0.25) is 0 Å². The summed E-state index contributed by atoms with van der Waals surface area (Å²) < 4.78 is 10.5. The average molecular weight is 328 g/mol. The van der Waals surface area contributed by atoms with Gasteiger partial charge < -0.3 is 14.3 Å². The minimum absolute atomic E-state index is 0.0421. The molecule has 0 unspecified atom stereocenters. The zero-order valence-corrected chi connectivity index (χ0v) is 10.8. The van der Waals surface area contributed by atoms with Crippen LogP contribution in [0.1, 0.15) is 10.6 Å². The third-order valence-electron chi connectivity index (χ3n) is 2.12. The minimum Gasteiger partial charge on any atom is -0.475 e. The van der Waals surface area contributed by atoms with Crippen LogP contribution in [-0.4, -0.2) is 16.0 Å². The number of benzene rings is 1. The van der Waals surface area contributed by atoms with Gasteiger partial charge in [-0.15, -0.1) is 0 Å². The molecule has 0 atom stereocenters. The third kappa shape index (κ3) is 2.91. The number of aromatic carboxylic acids is 1. The van der Waals surface area contributed by atoms with Gasteiger partial charge >= 0.3 is 11.7 Å². The molecule has 0 aliphatic rings. The molecule has 1 aromatic heterocycles. The highest BCUT2D eigenvalue weighted by Crippen LogP contribution is 2.34. The summed E-state index contributed by atoms with van der Waals surface area (Å²) in [6.45, 7) is 0. The lowest BCUT2D eigenvalue weighted by Crippen LogP contribution is -1.93. The van der Waals surface area contributed by atoms with E-state index in [1.807, 2.05) is 0 Å². The van der Waals surface area contributed by atoms with Gasteiger partial charge in [-0.3, -0.25) is 10.1 Å². The van der Waals surface area contributed by atoms with Gasteiger partial charge in [-0.05, 0) is 18.2 Å². The fourth-order valence-corrected chi connectivity index (χ4v) is 1.67. The molecule has 0 aliphatic heterocycles. The van der Waals surface area contributed by atoms with Gasteiger partial charge in [-0.1, -0.05) is 15.9 Å². The molecule has 2 rings (SSSR count). The second-order valence-electron chi connectivity index (χ2n) is 3.40. The van der Waals surface area contributed by atoms with E-state index in [-0.39, 0.29) is 23.1 Å². The Kier molecular flexibility index (Phi) is 3.52. The number of rotatable bonds is 4. The fourth-order valence-electron chi connectivity index (χ4n) is 1.32. The Morgan fingerprint density at radius 3 is 2.68 bits per heavy atom. The highest BCUT2D eigenvalue weighted by molar-refractivity contribution is 9.10. The largest absolute Gasteiger partial charge is 0.475 e. The smallest absolute Gasteiger partial charge is 0.371 e. The maximum atomic E-state index is 10.9. The van der Waals surface area contributed by atoms with Crippen LogP contribution in [0.25, 0.3) is 0 Å². The average Bonchev–Trinajstić information content (AvgIpc) is 2.80. The molecule has 0 radical (unpaired) electrons. The Labute approximate surface area is 114 Å². The second kappa shape index (κ2) is 5.11. The molecule has 1 N–H and O–H groups in total. The van der Waals surface area contributed by atoms with Crippen molar-refractivity contribution >= 4 is 27.6 Å². The molecule has 19 heavy (non-hydrogen) atoms. The molecular formula is C11H6BrNO6. The maximum Gasteiger partial charge on any atom is 0.371 e. The Balaban J connectivity index is 2.32. The number of hydrogen-bond acceptors (Lipinski definition) is 5. The lowest BCUT2D eigenvalue weighted by Gasteiger charge is -2.03. The number of nitrogens with zero attached hydrogens (tertiary/aromatic N) is 1. The van der Waals surface area contributed by atoms with Crippen molar-refractivity contribution < 1.29 is 24.0 Å². The van der Waals surface area contributed by atoms with Crippen LogP contribution >= 0.6 is 15.9 Å². The molecule has 0 saturated heterocycles. The Morgan fingerprint density at radius 1 is 1.37 bits per heavy atom. The predicted octanol–water partition coefficient (Wildman–Crippen LogP) is 3.44. The van der Waals surface area contributed by atoms with Crippen molar-refractivity contribution in [3.8, 4) is 11.7 Å². The number of carbonyl (C=O) groups is 1. The van der Waals surface area contributed by atoms with Crippen LogP contribution in [0.15, 0.2) is 39.2 Å². The van der Waals surface area contributed by atoms with Crippen molar-refractivity contribution in [2.45, 2.75) is 0 Å². The summed E-state index contributed by atoms with van der Waals surface area (Å²) in [6.07, 6.45) is 0. The standard InChI is InChI=1S/C11H6BrNO6/c12-6-1-2-8(7(5-6)13(16)17)18-10-4-3-9(19-10)11(14)15/h1-5H,(H,14,15). The van der Waals surface area contributed by atoms with Gasteiger partial charge in [-0.25, -0.2) is 4.79 Å². The van der Waals surface area contributed by atoms with Crippen molar-refractivity contribution in [3.63, 3.8) is 0 Å². The Hall–Kier alpha value is -2.35. The van der Waals surface area contributed by atoms with Crippen LogP contribution in [-0.2, 0) is 0 Å². The number of ether oxygens (including phenoxy) is 1. The number of furan rings is 1. The molecule has 0 saturated carbocycles. The van der Waals surface area contributed by atoms with Gasteiger partial charge in [0.2, 0.25) is 11.5 Å². The van der Waals surface area contributed by atoms with E-state index < -0.39 is 10.9 Å². The molecule has 1 aromatic carbocycles. The summed E-state index contributed by atoms with van der Waals surface area (Å²) in [7, 11) is 0. The van der Waals surface area contributed by atoms with Gasteiger partial charge in [0.05, 0.1) is 4.92 Å². The zero-order valence-electron chi connectivity index (χ0n) is 9.20. The van der Waals surface area contributed by atoms with Gasteiger partial charge in [0.25, 0.3) is 5.95 Å². The van der Waals surface area contributed by atoms with Gasteiger partial charge in [-0.2, -0.15) is 0 Å². The van der Waals surface area contributed by atoms with E-state index in [0.717, 1.165) is 0 Å². The molecule has 0 aliphatic carbocycles. The van der Waals surface area contributed by atoms with Gasteiger partial charge in [0.1, 0.15) is 0 Å². The summed E-state index contributed by atoms with van der Waals surface area (Å²) >= 11 is 3.11. The monoisotopic (exact) mass is 327 g/mol. The van der Waals surface area contributed by atoms with Crippen molar-refractivity contribution in [1.82, 2.24) is 0 Å². The molecule has 0 spiro atoms. The first-order valence-corrected chi connectivity index (χ1v) is 5.71. The molecule has 98 valence electrons. The molecule has 1 heterocycles. The van der Waals surface area contributed by atoms with Gasteiger partial charge in [0, 0.05) is 16.6 Å². The first-order valence-electron chi connectivity index (χ1n) is 4.92. The molecule has 8 heteroatoms. The summed E-state index contributed by atoms with van der Waals surface area (Å²) in [5, 5.41) is 19.5. The number of carboxylic acids is 1. The van der Waals surface area contributed by atoms with Crippen LogP contribution in [0, 0.1) is 10.1 Å². The highest BCUT2D eigenvalue weighted by Gasteiger charge is 2.18. The van der Waals surface area contributed by atoms with Crippen molar-refractivity contribution in [3.05, 3.63) is 50.7 Å². The Morgan fingerprint density at radius 2 is 2.11 bits per heavy atom. The normalized spacial score (nSPS) is 10.2. The van der Waals surface area contributed by atoms with Crippen molar-refractivity contribution in [2.75, 3.05) is 0 Å². The maximum absolute atomic E-state index is 10.9. The van der Waals surface area contributed by atoms with E-state index in [9.17, 15) is 14.9 Å². The molecule has 2 aromatic rings. The molecule has 0 amide bonds. The first-order chi connectivity index (χ1) is 8.97. The lowest BCUT2D eigenvalue weighted by atomic mass is 10.3. The van der Waals surface area contributed by atoms with E-state index >= 15 is 0 Å². The number of halogens is 1. The van der Waals surface area contributed by atoms with Crippen LogP contribution < -0.4 is 4.74 Å². The summed E-state index contributed by atoms with van der Waals surface area (Å²) in [6, 6.07) is 6.68. The molecular weight excluding hydrogens is 322 g/mol. The summed E-state index contributed by atoms with van der Waals surface area (Å²) in [4.78, 5) is 20.9. The molecule has 0 fully saturated rings. The highest BCUT2D eigenvalue weighted by atomic mass is 79.9. The van der Waals surface area contributed by atoms with Gasteiger partial charge in [0.15, 0.2) is 0 Å². The van der Waals surface area contributed by atoms with E-state index in [0.29, 0.717) is 4.47 Å². The topological polar surface area (TPSA) is 103 Å². The second-order valence-corrected chi connectivity index (χ2v) is 4.31. The van der Waals surface area contributed by atoms with E-state index in [4.69, 9.17) is 14.3 Å². The third-order valence-corrected chi connectivity index (χ3v) is 2.61. The number of carboxylic acid groups (broad SMARTS) is 1. The SMILES string of the molecule is O=C(O)c1ccc(Oc2ccc(Br)cc2[N+](=O)[O-])o1. The molecule has 0 bridgehead atoms. The first kappa shape index (κ1) is 13.1. The zero-order chi connectivity index (χ0) is 14.0. The minimum atomic E-state index is -1.25. The summed E-state index contributed by atoms with van der Waals surface area (Å²) in [5.74, 6) is -1.74. The summed E-state index contributed by atoms with van der Waals surface area (Å²) in [5.41, 5.74) is -0.261. The van der Waals surface area contributed by atoms with Crippen molar-refractivity contribution in [1.29, 1.82) is 0 Å². The van der Waals surface area contributed by atoms with E-state index in [1.54, 1.807) is 6.07 Å². The van der Waals surface area contributed by atoms with Crippen LogP contribution in [0.4, 0.5) is 5.69 Å². The van der Waals surface area contributed by atoms with Crippen molar-refractivity contribution in [2.24, 2.45) is 0 Å². The van der Waals surface area contributed by atoms with E-state index in [2.05, 4.69) is 15.9 Å².